The van der Waals surface area contributed by atoms with Gasteiger partial charge in [0.05, 0.1) is 0 Å². The molecular weight excluding hydrogens is 431 g/mol. The van der Waals surface area contributed by atoms with Gasteiger partial charge in [0.2, 0.25) is 0 Å². The summed E-state index contributed by atoms with van der Waals surface area (Å²) in [5.41, 5.74) is -1.31. The van der Waals surface area contributed by atoms with E-state index in [9.17, 15) is 22.8 Å². The van der Waals surface area contributed by atoms with Crippen LogP contribution in [0.4, 0.5) is 0 Å². The summed E-state index contributed by atoms with van der Waals surface area (Å²) in [6.07, 6.45) is 1.35. The molecule has 0 heterocycles. The zero-order valence-corrected chi connectivity index (χ0v) is 17.3. The third-order valence-electron chi connectivity index (χ3n) is 3.67. The van der Waals surface area contributed by atoms with E-state index >= 15 is 0 Å². The molecule has 0 radical (unpaired) electrons. The van der Waals surface area contributed by atoms with Crippen molar-refractivity contribution in [3.63, 3.8) is 0 Å². The van der Waals surface area contributed by atoms with Crippen molar-refractivity contribution < 1.29 is 41.6 Å². The SMILES string of the molecule is C=C(C)C(=O)OCC(CCCC)(COC(=O)C(=C)C)C(=O)OCCS(=O)(=O)O.[KH]. The molecule has 0 aromatic rings. The van der Waals surface area contributed by atoms with Gasteiger partial charge in [-0.1, -0.05) is 32.9 Å². The van der Waals surface area contributed by atoms with Crippen molar-refractivity contribution >= 4 is 79.4 Å². The monoisotopic (exact) mass is 460 g/mol. The van der Waals surface area contributed by atoms with E-state index in [1.54, 1.807) is 0 Å². The zero-order valence-electron chi connectivity index (χ0n) is 16.5. The molecule has 0 atom stereocenters. The molecule has 0 saturated heterocycles. The van der Waals surface area contributed by atoms with Gasteiger partial charge in [-0.25, -0.2) is 9.59 Å². The van der Waals surface area contributed by atoms with Crippen LogP contribution in [-0.2, 0) is 38.7 Å². The normalized spacial score (nSPS) is 11.0. The summed E-state index contributed by atoms with van der Waals surface area (Å²) >= 11 is 0. The molecule has 29 heavy (non-hydrogen) atoms. The van der Waals surface area contributed by atoms with Gasteiger partial charge in [-0.3, -0.25) is 9.35 Å². The van der Waals surface area contributed by atoms with E-state index in [2.05, 4.69) is 13.2 Å². The number of unbranched alkanes of at least 4 members (excludes halogenated alkanes) is 1. The summed E-state index contributed by atoms with van der Waals surface area (Å²) in [6.45, 7) is 10.1. The van der Waals surface area contributed by atoms with Crippen molar-refractivity contribution in [2.75, 3.05) is 25.6 Å². The van der Waals surface area contributed by atoms with E-state index in [1.807, 2.05) is 6.92 Å². The van der Waals surface area contributed by atoms with Crippen LogP contribution < -0.4 is 0 Å². The van der Waals surface area contributed by atoms with Crippen LogP contribution in [0.2, 0.25) is 0 Å². The average molecular weight is 461 g/mol. The molecular formula is C18H29KO9S. The number of carbonyl (C=O) groups is 3. The maximum atomic E-state index is 12.7. The maximum absolute atomic E-state index is 12.7. The first-order valence-corrected chi connectivity index (χ1v) is 10.2. The molecule has 162 valence electrons. The van der Waals surface area contributed by atoms with Gasteiger partial charge in [0.15, 0.2) is 0 Å². The van der Waals surface area contributed by atoms with Crippen LogP contribution in [0.3, 0.4) is 0 Å². The quantitative estimate of drug-likeness (QED) is 0.141. The number of hydrogen-bond acceptors (Lipinski definition) is 8. The van der Waals surface area contributed by atoms with Gasteiger partial charge in [-0.2, -0.15) is 8.42 Å². The summed E-state index contributed by atoms with van der Waals surface area (Å²) < 4.78 is 45.6. The molecule has 0 amide bonds. The molecule has 0 rings (SSSR count). The molecule has 0 aliphatic heterocycles. The molecule has 0 bridgehead atoms. The van der Waals surface area contributed by atoms with Gasteiger partial charge in [0, 0.05) is 11.1 Å². The van der Waals surface area contributed by atoms with Crippen LogP contribution in [0, 0.1) is 5.41 Å². The summed E-state index contributed by atoms with van der Waals surface area (Å²) in [5, 5.41) is 0. The second-order valence-electron chi connectivity index (χ2n) is 6.52. The van der Waals surface area contributed by atoms with Crippen molar-refractivity contribution in [3.05, 3.63) is 24.3 Å². The summed E-state index contributed by atoms with van der Waals surface area (Å²) in [7, 11) is -4.33. The molecule has 0 aliphatic carbocycles. The van der Waals surface area contributed by atoms with Crippen molar-refractivity contribution in [1.29, 1.82) is 0 Å². The predicted octanol–water partition coefficient (Wildman–Crippen LogP) is 1.18. The Labute approximate surface area is 214 Å². The fourth-order valence-corrected chi connectivity index (χ4v) is 2.26. The number of esters is 3. The number of ether oxygens (including phenoxy) is 3. The predicted molar refractivity (Wildman–Crippen MR) is 108 cm³/mol. The van der Waals surface area contributed by atoms with Crippen molar-refractivity contribution in [2.24, 2.45) is 5.41 Å². The molecule has 11 heteroatoms. The molecule has 0 saturated carbocycles. The van der Waals surface area contributed by atoms with Gasteiger partial charge >= 0.3 is 69.3 Å². The van der Waals surface area contributed by atoms with Crippen LogP contribution in [0.25, 0.3) is 0 Å². The van der Waals surface area contributed by atoms with E-state index in [0.29, 0.717) is 12.8 Å². The Hall–Kier alpha value is -0.564. The summed E-state index contributed by atoms with van der Waals surface area (Å²) in [6, 6.07) is 0. The van der Waals surface area contributed by atoms with Crippen molar-refractivity contribution in [1.82, 2.24) is 0 Å². The number of carbonyl (C=O) groups excluding carboxylic acids is 3. The topological polar surface area (TPSA) is 133 Å². The van der Waals surface area contributed by atoms with E-state index in [-0.39, 0.29) is 69.0 Å². The van der Waals surface area contributed by atoms with Gasteiger partial charge in [-0.05, 0) is 20.3 Å². The molecule has 0 spiro atoms. The van der Waals surface area contributed by atoms with Crippen LogP contribution in [0.5, 0.6) is 0 Å². The van der Waals surface area contributed by atoms with Crippen LogP contribution in [-0.4, -0.2) is 108 Å². The second-order valence-corrected chi connectivity index (χ2v) is 8.09. The third-order valence-corrected chi connectivity index (χ3v) is 4.35. The van der Waals surface area contributed by atoms with E-state index in [4.69, 9.17) is 18.8 Å². The summed E-state index contributed by atoms with van der Waals surface area (Å²) in [5.74, 6) is -3.18. The zero-order chi connectivity index (χ0) is 22.0. The third kappa shape index (κ3) is 12.7. The van der Waals surface area contributed by atoms with Gasteiger partial charge < -0.3 is 14.2 Å². The van der Waals surface area contributed by atoms with E-state index in [0.717, 1.165) is 0 Å². The molecule has 0 fully saturated rings. The Morgan fingerprint density at radius 3 is 1.76 bits per heavy atom. The molecule has 0 unspecified atom stereocenters. The first kappa shape index (κ1) is 30.6. The first-order valence-electron chi connectivity index (χ1n) is 8.62. The fourth-order valence-electron chi connectivity index (χ4n) is 1.97. The fraction of sp³-hybridized carbons (Fsp3) is 0.611. The average Bonchev–Trinajstić information content (AvgIpc) is 2.59. The van der Waals surface area contributed by atoms with Crippen LogP contribution >= 0.6 is 0 Å². The Balaban J connectivity index is 0. The number of hydrogen-bond donors (Lipinski definition) is 1. The molecule has 0 aromatic heterocycles. The van der Waals surface area contributed by atoms with E-state index in [1.165, 1.54) is 13.8 Å². The molecule has 0 aromatic carbocycles. The van der Waals surface area contributed by atoms with Crippen LogP contribution in [0.15, 0.2) is 24.3 Å². The molecule has 0 aliphatic rings. The van der Waals surface area contributed by atoms with Crippen molar-refractivity contribution in [3.8, 4) is 0 Å². The van der Waals surface area contributed by atoms with E-state index < -0.39 is 59.0 Å². The Kier molecular flexibility index (Phi) is 15.3. The Morgan fingerprint density at radius 2 is 1.41 bits per heavy atom. The Bertz CT molecular complexity index is 683. The molecule has 9 nitrogen and oxygen atoms in total. The van der Waals surface area contributed by atoms with Gasteiger partial charge in [0.1, 0.15) is 31.0 Å². The minimum absolute atomic E-state index is 0. The van der Waals surface area contributed by atoms with Gasteiger partial charge in [-0.15, -0.1) is 0 Å². The summed E-state index contributed by atoms with van der Waals surface area (Å²) in [4.78, 5) is 36.2. The first-order chi connectivity index (χ1) is 12.8. The standard InChI is InChI=1S/C18H28O9S.K.H/c1-6-7-8-18(11-26-15(19)13(2)3,12-27-16(20)14(4)5)17(21)25-9-10-28(22,23)24;;/h2,4,6-12H2,1,3,5H3,(H,22,23,24);;. The Morgan fingerprint density at radius 1 is 0.966 bits per heavy atom. The number of rotatable bonds is 13. The van der Waals surface area contributed by atoms with Crippen molar-refractivity contribution in [2.45, 2.75) is 40.0 Å². The minimum atomic E-state index is -4.33. The second kappa shape index (κ2) is 14.4. The van der Waals surface area contributed by atoms with Crippen LogP contribution in [0.1, 0.15) is 40.0 Å². The van der Waals surface area contributed by atoms with Gasteiger partial charge in [0.25, 0.3) is 10.1 Å². The molecule has 1 N–H and O–H groups in total.